The van der Waals surface area contributed by atoms with Crippen LogP contribution in [0.1, 0.15) is 61.3 Å². The topological polar surface area (TPSA) is 105 Å². The largest absolute Gasteiger partial charge is 0.388 e. The predicted molar refractivity (Wildman–Crippen MR) is 112 cm³/mol. The zero-order valence-electron chi connectivity index (χ0n) is 17.7. The smallest absolute Gasteiger partial charge is 0.222 e. The molecular weight excluding hydrogens is 396 g/mol. The number of nitrogens with zero attached hydrogens (tertiary/aromatic N) is 2. The van der Waals surface area contributed by atoms with Gasteiger partial charge in [0.2, 0.25) is 5.91 Å². The quantitative estimate of drug-likeness (QED) is 0.610. The van der Waals surface area contributed by atoms with E-state index in [1.54, 1.807) is 11.6 Å². The lowest BCUT2D eigenvalue weighted by Gasteiger charge is -2.52. The van der Waals surface area contributed by atoms with Crippen LogP contribution in [0, 0.1) is 13.8 Å². The molecule has 2 aliphatic rings. The Balaban J connectivity index is 0.00000300. The molecule has 29 heavy (non-hydrogen) atoms. The molecule has 0 unspecified atom stereocenters. The minimum atomic E-state index is -0.752. The molecule has 0 saturated carbocycles. The minimum absolute atomic E-state index is 0. The molecular formula is C20H33ClN4O4. The maximum absolute atomic E-state index is 12.7. The van der Waals surface area contributed by atoms with Crippen molar-refractivity contribution < 1.29 is 19.4 Å². The zero-order valence-corrected chi connectivity index (χ0v) is 18.5. The molecule has 0 radical (unpaired) electrons. The second-order valence-corrected chi connectivity index (χ2v) is 8.36. The number of hydrogen-bond acceptors (Lipinski definition) is 6. The SMILES string of the molecule is CC(=O)c1c(C)nn(CCC(=O)N[C@]2(C)CCOC3(CCNCC3)[C@H]2O)c1C.Cl. The molecule has 8 nitrogen and oxygen atoms in total. The van der Waals surface area contributed by atoms with Crippen LogP contribution in [0.3, 0.4) is 0 Å². The van der Waals surface area contributed by atoms with Crippen molar-refractivity contribution in [2.75, 3.05) is 19.7 Å². The van der Waals surface area contributed by atoms with Crippen LogP contribution in [0.5, 0.6) is 0 Å². The minimum Gasteiger partial charge on any atom is -0.388 e. The first-order valence-electron chi connectivity index (χ1n) is 10.1. The normalized spacial score (nSPS) is 26.0. The third kappa shape index (κ3) is 4.66. The molecule has 2 saturated heterocycles. The number of ketones is 1. The van der Waals surface area contributed by atoms with Crippen molar-refractivity contribution in [3.05, 3.63) is 17.0 Å². The van der Waals surface area contributed by atoms with E-state index in [1.165, 1.54) is 6.92 Å². The van der Waals surface area contributed by atoms with E-state index in [4.69, 9.17) is 4.74 Å². The Kier molecular flexibility index (Phi) is 7.48. The van der Waals surface area contributed by atoms with Gasteiger partial charge in [-0.3, -0.25) is 14.3 Å². The number of aliphatic hydroxyl groups is 1. The van der Waals surface area contributed by atoms with Gasteiger partial charge in [0.25, 0.3) is 0 Å². The van der Waals surface area contributed by atoms with Gasteiger partial charge < -0.3 is 20.5 Å². The maximum Gasteiger partial charge on any atom is 0.222 e. The number of halogens is 1. The second-order valence-electron chi connectivity index (χ2n) is 8.36. The van der Waals surface area contributed by atoms with Gasteiger partial charge in [0, 0.05) is 25.3 Å². The van der Waals surface area contributed by atoms with Crippen LogP contribution in [0.15, 0.2) is 0 Å². The second kappa shape index (κ2) is 9.12. The standard InChI is InChI=1S/C20H32N4O4.ClH/c1-13-17(15(3)25)14(2)24(23-13)11-5-16(26)22-19(4)8-12-28-20(18(19)27)6-9-21-10-7-20;/h18,21,27H,5-12H2,1-4H3,(H,22,26);1H/t18-,19+;/m0./s1. The summed E-state index contributed by atoms with van der Waals surface area (Å²) in [5.41, 5.74) is 0.790. The summed E-state index contributed by atoms with van der Waals surface area (Å²) in [6.07, 6.45) is 1.52. The van der Waals surface area contributed by atoms with Gasteiger partial charge in [0.15, 0.2) is 5.78 Å². The Hall–Kier alpha value is -1.48. The Morgan fingerprint density at radius 3 is 2.55 bits per heavy atom. The summed E-state index contributed by atoms with van der Waals surface area (Å²) < 4.78 is 7.70. The molecule has 3 heterocycles. The molecule has 1 spiro atoms. The van der Waals surface area contributed by atoms with Crippen LogP contribution < -0.4 is 10.6 Å². The molecule has 1 aromatic rings. The fourth-order valence-electron chi connectivity index (χ4n) is 4.67. The molecule has 0 bridgehead atoms. The Morgan fingerprint density at radius 1 is 1.31 bits per heavy atom. The van der Waals surface area contributed by atoms with Crippen molar-refractivity contribution in [3.8, 4) is 0 Å². The third-order valence-electron chi connectivity index (χ3n) is 6.27. The van der Waals surface area contributed by atoms with Crippen molar-refractivity contribution in [2.24, 2.45) is 0 Å². The molecule has 0 aliphatic carbocycles. The van der Waals surface area contributed by atoms with Crippen LogP contribution >= 0.6 is 12.4 Å². The molecule has 2 atom stereocenters. The van der Waals surface area contributed by atoms with Crippen molar-refractivity contribution in [1.82, 2.24) is 20.4 Å². The van der Waals surface area contributed by atoms with E-state index in [1.807, 2.05) is 13.8 Å². The van der Waals surface area contributed by atoms with Gasteiger partial charge in [-0.05, 0) is 60.0 Å². The van der Waals surface area contributed by atoms with E-state index in [0.717, 1.165) is 31.6 Å². The summed E-state index contributed by atoms with van der Waals surface area (Å²) in [5.74, 6) is -0.153. The highest BCUT2D eigenvalue weighted by molar-refractivity contribution is 5.96. The molecule has 9 heteroatoms. The highest BCUT2D eigenvalue weighted by atomic mass is 35.5. The van der Waals surface area contributed by atoms with Crippen LogP contribution in [-0.4, -0.2) is 63.5 Å². The number of rotatable bonds is 5. The molecule has 3 N–H and O–H groups in total. The van der Waals surface area contributed by atoms with Crippen molar-refractivity contribution in [3.63, 3.8) is 0 Å². The van der Waals surface area contributed by atoms with Gasteiger partial charge in [-0.15, -0.1) is 12.4 Å². The van der Waals surface area contributed by atoms with Crippen molar-refractivity contribution in [2.45, 2.75) is 77.2 Å². The first kappa shape index (κ1) is 23.8. The predicted octanol–water partition coefficient (Wildman–Crippen LogP) is 1.29. The van der Waals surface area contributed by atoms with Gasteiger partial charge in [-0.2, -0.15) is 5.10 Å². The summed E-state index contributed by atoms with van der Waals surface area (Å²) in [5, 5.41) is 21.8. The summed E-state index contributed by atoms with van der Waals surface area (Å²) in [7, 11) is 0. The molecule has 2 fully saturated rings. The lowest BCUT2D eigenvalue weighted by molar-refractivity contribution is -0.200. The molecule has 2 aliphatic heterocycles. The lowest BCUT2D eigenvalue weighted by Crippen LogP contribution is -2.69. The number of hydrogen-bond donors (Lipinski definition) is 3. The highest BCUT2D eigenvalue weighted by Gasteiger charge is 2.52. The Morgan fingerprint density at radius 2 is 1.97 bits per heavy atom. The molecule has 1 aromatic heterocycles. The van der Waals surface area contributed by atoms with E-state index in [0.29, 0.717) is 30.8 Å². The fraction of sp³-hybridized carbons (Fsp3) is 0.750. The van der Waals surface area contributed by atoms with Gasteiger partial charge in [-0.1, -0.05) is 0 Å². The average molecular weight is 429 g/mol. The zero-order chi connectivity index (χ0) is 20.5. The first-order valence-corrected chi connectivity index (χ1v) is 10.1. The average Bonchev–Trinajstić information content (AvgIpc) is 2.92. The summed E-state index contributed by atoms with van der Waals surface area (Å²) >= 11 is 0. The summed E-state index contributed by atoms with van der Waals surface area (Å²) in [6, 6.07) is 0. The number of nitrogens with one attached hydrogen (secondary N) is 2. The molecule has 1 amide bonds. The number of carbonyl (C=O) groups is 2. The number of piperidine rings is 1. The van der Waals surface area contributed by atoms with E-state index in [-0.39, 0.29) is 30.5 Å². The lowest BCUT2D eigenvalue weighted by atomic mass is 9.73. The fourth-order valence-corrected chi connectivity index (χ4v) is 4.67. The number of amides is 1. The maximum atomic E-state index is 12.7. The molecule has 3 rings (SSSR count). The van der Waals surface area contributed by atoms with Gasteiger partial charge in [0.1, 0.15) is 6.10 Å². The number of aryl methyl sites for hydroxylation is 2. The summed E-state index contributed by atoms with van der Waals surface area (Å²) in [4.78, 5) is 24.4. The number of carbonyl (C=O) groups excluding carboxylic acids is 2. The van der Waals surface area contributed by atoms with Crippen LogP contribution in [0.4, 0.5) is 0 Å². The number of ether oxygens (including phenoxy) is 1. The third-order valence-corrected chi connectivity index (χ3v) is 6.27. The van der Waals surface area contributed by atoms with E-state index in [9.17, 15) is 14.7 Å². The number of Topliss-reactive ketones (excluding diaryl/α,β-unsaturated/α-hetero) is 1. The van der Waals surface area contributed by atoms with Gasteiger partial charge in [0.05, 0.1) is 22.4 Å². The van der Waals surface area contributed by atoms with Gasteiger partial charge >= 0.3 is 0 Å². The Labute approximate surface area is 178 Å². The van der Waals surface area contributed by atoms with E-state index in [2.05, 4.69) is 15.7 Å². The van der Waals surface area contributed by atoms with E-state index >= 15 is 0 Å². The monoisotopic (exact) mass is 428 g/mol. The van der Waals surface area contributed by atoms with Crippen molar-refractivity contribution >= 4 is 24.1 Å². The van der Waals surface area contributed by atoms with Crippen LogP contribution in [0.25, 0.3) is 0 Å². The molecule has 0 aromatic carbocycles. The van der Waals surface area contributed by atoms with E-state index < -0.39 is 17.2 Å². The van der Waals surface area contributed by atoms with Gasteiger partial charge in [-0.25, -0.2) is 0 Å². The first-order chi connectivity index (χ1) is 13.2. The number of aromatic nitrogens is 2. The van der Waals surface area contributed by atoms with Crippen LogP contribution in [0.2, 0.25) is 0 Å². The highest BCUT2D eigenvalue weighted by Crippen LogP contribution is 2.38. The van der Waals surface area contributed by atoms with Crippen LogP contribution in [-0.2, 0) is 16.1 Å². The van der Waals surface area contributed by atoms with Crippen molar-refractivity contribution in [1.29, 1.82) is 0 Å². The Bertz CT molecular complexity index is 754. The molecule has 164 valence electrons. The number of aliphatic hydroxyl groups excluding tert-OH is 1. The summed E-state index contributed by atoms with van der Waals surface area (Å²) in [6.45, 7) is 9.60.